The van der Waals surface area contributed by atoms with Gasteiger partial charge in [0.2, 0.25) is 29.5 Å². The number of aromatic hydroxyl groups is 3. The van der Waals surface area contributed by atoms with E-state index >= 15 is 0 Å². The smallest absolute Gasteiger partial charge is 0.237 e. The molecule has 1 aliphatic carbocycles. The first-order chi connectivity index (χ1) is 63.2. The Balaban J connectivity index is 0.000000149. The number of methoxy groups -OCH3 is 1. The summed E-state index contributed by atoms with van der Waals surface area (Å²) in [5.74, 6) is 8.23. The number of piperidine rings is 4. The van der Waals surface area contributed by atoms with Gasteiger partial charge in [0.1, 0.15) is 28.8 Å². The van der Waals surface area contributed by atoms with Crippen molar-refractivity contribution in [3.63, 3.8) is 0 Å². The first-order valence-corrected chi connectivity index (χ1v) is 50.5. The number of carbonyl (C=O) groups is 5. The molecule has 0 aromatic heterocycles. The SMILES string of the molecule is CC(C)[C@@H](CN1CC[C@@H](C)[C@@H](C)C1)NC(=O)[C@H]1Cc2ccc(O)cc2CN1.CC1=CCN(C[C@@H](NC(=O)[C@H]2Cc3ccc(O)cc3CN2)C(C)C)CC1.CC1CCN(C[C@@H](NC(=O)[C@H]2Cc3ccc(F)cc3CN2)C(C)C)CC1.CC1CCN(C[C@@H](NC(=O)[C@H]2Cc3ccc(O)cc3CN2)C2CC2)CC1.COc1ccc2c(c1)CN[C@@H](C(=O)N[C@H](CN1CCC(C)CC1)C(C)C)C2. The van der Waals surface area contributed by atoms with Crippen molar-refractivity contribution in [2.75, 3.05) is 105 Å². The van der Waals surface area contributed by atoms with Crippen molar-refractivity contribution in [1.82, 2.24) is 77.7 Å². The van der Waals surface area contributed by atoms with Crippen LogP contribution in [0.25, 0.3) is 0 Å². The monoisotopic (exact) mass is 1820 g/mol. The summed E-state index contributed by atoms with van der Waals surface area (Å²) in [5.41, 5.74) is 12.6. The molecule has 0 spiro atoms. The fraction of sp³-hybridized carbons (Fsp3) is 0.654. The quantitative estimate of drug-likeness (QED) is 0.0229. The fourth-order valence-electron chi connectivity index (χ4n) is 20.1. The highest BCUT2D eigenvalue weighted by Gasteiger charge is 2.39. The molecule has 4 saturated heterocycles. The summed E-state index contributed by atoms with van der Waals surface area (Å²) in [7, 11) is 1.68. The predicted octanol–water partition coefficient (Wildman–Crippen LogP) is 12.1. The summed E-state index contributed by atoms with van der Waals surface area (Å²) in [5, 5.41) is 62.0. The number of phenols is 3. The second-order valence-corrected chi connectivity index (χ2v) is 42.5. The van der Waals surface area contributed by atoms with E-state index < -0.39 is 0 Å². The normalized spacial score (nSPS) is 24.0. The van der Waals surface area contributed by atoms with E-state index in [9.17, 15) is 43.7 Å². The zero-order chi connectivity index (χ0) is 94.4. The highest BCUT2D eigenvalue weighted by molar-refractivity contribution is 5.85. The molecule has 16 rings (SSSR count). The van der Waals surface area contributed by atoms with Crippen molar-refractivity contribution in [2.24, 2.45) is 59.2 Å². The van der Waals surface area contributed by atoms with Crippen LogP contribution in [0.2, 0.25) is 0 Å². The molecule has 10 heterocycles. The Bertz CT molecular complexity index is 4470. The molecule has 0 bridgehead atoms. The molecule has 10 aliphatic heterocycles. The number of phenolic OH excluding ortho intramolecular Hbond substituents is 3. The maximum atomic E-state index is 13.3. The molecule has 25 heteroatoms. The van der Waals surface area contributed by atoms with Crippen molar-refractivity contribution in [2.45, 2.75) is 286 Å². The van der Waals surface area contributed by atoms with Crippen LogP contribution in [0.4, 0.5) is 4.39 Å². The Hall–Kier alpha value is -8.08. The lowest BCUT2D eigenvalue weighted by Gasteiger charge is -2.38. The number of likely N-dealkylation sites (tertiary alicyclic amines) is 4. The lowest BCUT2D eigenvalue weighted by molar-refractivity contribution is -0.125. The average Bonchev–Trinajstić information content (AvgIpc) is 1.16. The molecule has 0 unspecified atom stereocenters. The second kappa shape index (κ2) is 49.6. The molecule has 0 radical (unpaired) electrons. The molecule has 13 N–H and O–H groups in total. The van der Waals surface area contributed by atoms with Gasteiger partial charge in [0, 0.05) is 115 Å². The molecule has 5 aromatic rings. The van der Waals surface area contributed by atoms with Gasteiger partial charge in [0.15, 0.2) is 0 Å². The maximum absolute atomic E-state index is 13.3. The van der Waals surface area contributed by atoms with Crippen molar-refractivity contribution in [3.8, 4) is 23.0 Å². The summed E-state index contributed by atoms with van der Waals surface area (Å²) in [6, 6.07) is 27.2. The van der Waals surface area contributed by atoms with Gasteiger partial charge in [-0.15, -0.1) is 0 Å². The predicted molar refractivity (Wildman–Crippen MR) is 526 cm³/mol. The van der Waals surface area contributed by atoms with Gasteiger partial charge in [0.25, 0.3) is 0 Å². The number of hydrogen-bond donors (Lipinski definition) is 13. The van der Waals surface area contributed by atoms with Crippen LogP contribution in [-0.4, -0.2) is 235 Å². The summed E-state index contributed by atoms with van der Waals surface area (Å²) in [6.45, 7) is 50.3. The van der Waals surface area contributed by atoms with E-state index in [0.29, 0.717) is 94.0 Å². The van der Waals surface area contributed by atoms with Crippen LogP contribution in [0.3, 0.4) is 0 Å². The minimum atomic E-state index is -0.240. The largest absolute Gasteiger partial charge is 0.508 e. The van der Waals surface area contributed by atoms with Gasteiger partial charge in [-0.1, -0.05) is 132 Å². The molecule has 5 aromatic carbocycles. The Morgan fingerprint density at radius 2 is 0.697 bits per heavy atom. The van der Waals surface area contributed by atoms with Crippen molar-refractivity contribution in [1.29, 1.82) is 0 Å². The standard InChI is InChI=1S/2C22H35N3O2.C21H32FN3O.2C21H31N3O2/c1-15(2)21(14-25-9-7-16(3)8-10-25)24-22(26)20-12-17-5-6-19(27-4)11-18(17)13-23-20;1-14(2)21(13-25-8-7-15(3)16(4)12-25)24-22(27)20-10-17-5-6-19(26)9-18(17)11-23-20;1-14(2)20(13-25-8-6-15(3)7-9-25)24-21(26)19-11-16-4-5-18(22)10-17(16)12-23-19;1-14-6-8-24(9-7-14)13-20(15-2-3-15)23-21(26)19-11-16-4-5-18(25)10-17(16)12-22-19;1-14(2)20(13-24-8-6-15(3)7-9-24)23-21(26)19-11-16-4-5-18(25)10-17(16)12-22-19/h5-6,11,15-16,20-21,23H,7-10,12-14H2,1-4H3,(H,24,26);5-6,9,14-16,20-21,23,26H,7-8,10-13H2,1-4H3,(H,24,27);4-5,10,14-15,19-20,23H,6-9,11-13H2,1-3H3,(H,24,26);4-5,10,14-15,19-20,22,25H,2-3,6-9,11-13H2,1H3,(H,23,26);4-6,10,14,19-20,22,25H,7-9,11-13H2,1-3H3,(H,23,26)/t20-,21-;15-,16+,20-,21-;3*19-,20-/m11111/s1. The fourth-order valence-corrected chi connectivity index (χ4v) is 20.1. The number of fused-ring (bicyclic) bond motifs is 5. The average molecular weight is 1820 g/mol. The molecule has 11 aliphatic rings. The van der Waals surface area contributed by atoms with Crippen LogP contribution in [0, 0.1) is 65.0 Å². The first kappa shape index (κ1) is 103. The molecular formula is C107H164FN15O9. The third-order valence-corrected chi connectivity index (χ3v) is 30.4. The van der Waals surface area contributed by atoms with E-state index in [2.05, 4.69) is 193 Å². The Morgan fingerprint density at radius 3 is 1.04 bits per heavy atom. The zero-order valence-electron chi connectivity index (χ0n) is 82.4. The van der Waals surface area contributed by atoms with Gasteiger partial charge < -0.3 is 92.8 Å². The highest BCUT2D eigenvalue weighted by atomic mass is 19.1. The summed E-state index contributed by atoms with van der Waals surface area (Å²) in [6.07, 6.45) is 18.1. The van der Waals surface area contributed by atoms with E-state index in [1.807, 2.05) is 24.3 Å². The Labute approximate surface area is 789 Å². The Morgan fingerprint density at radius 1 is 0.379 bits per heavy atom. The van der Waals surface area contributed by atoms with Crippen LogP contribution in [-0.2, 0) is 88.8 Å². The molecule has 12 atom stereocenters. The van der Waals surface area contributed by atoms with Crippen LogP contribution >= 0.6 is 0 Å². The lowest BCUT2D eigenvalue weighted by atomic mass is 9.88. The summed E-state index contributed by atoms with van der Waals surface area (Å²) >= 11 is 0. The van der Waals surface area contributed by atoms with Crippen LogP contribution < -0.4 is 57.9 Å². The summed E-state index contributed by atoms with van der Waals surface area (Å²) in [4.78, 5) is 76.8. The van der Waals surface area contributed by atoms with Gasteiger partial charge in [0.05, 0.1) is 37.3 Å². The van der Waals surface area contributed by atoms with Crippen LogP contribution in [0.5, 0.6) is 23.0 Å². The molecule has 5 amide bonds. The van der Waals surface area contributed by atoms with Gasteiger partial charge in [-0.05, 0) is 325 Å². The molecule has 132 heavy (non-hydrogen) atoms. The third-order valence-electron chi connectivity index (χ3n) is 30.4. The highest BCUT2D eigenvalue weighted by Crippen LogP contribution is 2.35. The van der Waals surface area contributed by atoms with Crippen molar-refractivity contribution in [3.05, 3.63) is 164 Å². The number of ether oxygens (including phenoxy) is 1. The van der Waals surface area contributed by atoms with E-state index in [1.54, 1.807) is 55.6 Å². The molecule has 24 nitrogen and oxygen atoms in total. The molecule has 5 fully saturated rings. The number of carbonyl (C=O) groups excluding carboxylic acids is 5. The lowest BCUT2D eigenvalue weighted by Crippen LogP contribution is -2.55. The van der Waals surface area contributed by atoms with Crippen molar-refractivity contribution < 1.29 is 48.4 Å². The topological polar surface area (TPSA) is 292 Å². The van der Waals surface area contributed by atoms with Gasteiger partial charge >= 0.3 is 0 Å². The van der Waals surface area contributed by atoms with Crippen molar-refractivity contribution >= 4 is 29.5 Å². The minimum Gasteiger partial charge on any atom is -0.508 e. The van der Waals surface area contributed by atoms with Crippen LogP contribution in [0.1, 0.15) is 217 Å². The van der Waals surface area contributed by atoms with E-state index in [1.165, 1.54) is 93.6 Å². The van der Waals surface area contributed by atoms with Crippen LogP contribution in [0.15, 0.2) is 103 Å². The molecule has 1 saturated carbocycles. The van der Waals surface area contributed by atoms with Gasteiger partial charge in [-0.2, -0.15) is 0 Å². The van der Waals surface area contributed by atoms with E-state index in [4.69, 9.17) is 4.74 Å². The Kier molecular flexibility index (Phi) is 38.7. The number of benzene rings is 5. The van der Waals surface area contributed by atoms with Gasteiger partial charge in [-0.3, -0.25) is 28.9 Å². The number of halogens is 1. The summed E-state index contributed by atoms with van der Waals surface area (Å²) < 4.78 is 18.6. The first-order valence-electron chi connectivity index (χ1n) is 50.5. The number of amides is 5. The minimum absolute atomic E-state index is 0.0593. The number of rotatable bonds is 26. The zero-order valence-corrected chi connectivity index (χ0v) is 82.4. The number of nitrogens with zero attached hydrogens (tertiary/aromatic N) is 5. The molecular weight excluding hydrogens is 1660 g/mol. The second-order valence-electron chi connectivity index (χ2n) is 42.5. The van der Waals surface area contributed by atoms with E-state index in [-0.39, 0.29) is 107 Å². The number of hydrogen-bond acceptors (Lipinski definition) is 19. The van der Waals surface area contributed by atoms with Gasteiger partial charge in [-0.25, -0.2) is 4.39 Å². The third kappa shape index (κ3) is 31.0. The molecule has 728 valence electrons. The van der Waals surface area contributed by atoms with E-state index in [0.717, 1.165) is 178 Å². The maximum Gasteiger partial charge on any atom is 0.237 e. The number of nitrogens with one attached hydrogen (secondary N) is 10.